The van der Waals surface area contributed by atoms with E-state index in [9.17, 15) is 5.26 Å². The van der Waals surface area contributed by atoms with Gasteiger partial charge in [0.1, 0.15) is 5.75 Å². The summed E-state index contributed by atoms with van der Waals surface area (Å²) in [4.78, 5) is 5.65. The summed E-state index contributed by atoms with van der Waals surface area (Å²) in [5.74, 6) is 2.04. The van der Waals surface area contributed by atoms with E-state index in [1.54, 1.807) is 21.3 Å². The molecule has 2 aromatic heterocycles. The van der Waals surface area contributed by atoms with Crippen molar-refractivity contribution < 1.29 is 14.2 Å². The average Bonchev–Trinajstić information content (AvgIpc) is 3.33. The van der Waals surface area contributed by atoms with Crippen molar-refractivity contribution in [3.05, 3.63) is 53.5 Å². The monoisotopic (exact) mass is 405 g/mol. The zero-order chi connectivity index (χ0) is 20.4. The van der Waals surface area contributed by atoms with Gasteiger partial charge in [0.25, 0.3) is 0 Å². The molecule has 0 N–H and O–H groups in total. The minimum absolute atomic E-state index is 0.226. The molecule has 0 aliphatic heterocycles. The van der Waals surface area contributed by atoms with Gasteiger partial charge in [-0.05, 0) is 30.3 Å². The number of hydrogen-bond donors (Lipinski definition) is 0. The highest BCUT2D eigenvalue weighted by molar-refractivity contribution is 7.15. The Bertz CT molecular complexity index is 1220. The zero-order valence-corrected chi connectivity index (χ0v) is 17.1. The normalized spacial score (nSPS) is 10.7. The number of methoxy groups -OCH3 is 3. The van der Waals surface area contributed by atoms with Crippen LogP contribution in [0.3, 0.4) is 0 Å². The molecule has 146 valence electrons. The molecule has 7 heteroatoms. The van der Waals surface area contributed by atoms with E-state index < -0.39 is 0 Å². The van der Waals surface area contributed by atoms with Crippen molar-refractivity contribution in [2.45, 2.75) is 6.42 Å². The smallest absolute Gasteiger partial charge is 0.195 e. The van der Waals surface area contributed by atoms with Crippen molar-refractivity contribution in [2.75, 3.05) is 21.3 Å². The number of para-hydroxylation sites is 1. The third kappa shape index (κ3) is 3.18. The fraction of sp³-hybridized carbons (Fsp3) is 0.182. The number of thiazole rings is 1. The fourth-order valence-corrected chi connectivity index (χ4v) is 4.32. The first-order valence-electron chi connectivity index (χ1n) is 8.93. The minimum Gasteiger partial charge on any atom is -0.496 e. The molecular formula is C22H19N3O3S. The lowest BCUT2D eigenvalue weighted by Gasteiger charge is -2.10. The number of imidazole rings is 1. The minimum atomic E-state index is 0.226. The Hall–Kier alpha value is -3.50. The van der Waals surface area contributed by atoms with Crippen molar-refractivity contribution in [1.82, 2.24) is 9.38 Å². The molecule has 2 heterocycles. The van der Waals surface area contributed by atoms with Crippen molar-refractivity contribution in [3.63, 3.8) is 0 Å². The van der Waals surface area contributed by atoms with E-state index in [0.717, 1.165) is 38.9 Å². The van der Waals surface area contributed by atoms with Crippen molar-refractivity contribution in [2.24, 2.45) is 0 Å². The van der Waals surface area contributed by atoms with Crippen LogP contribution in [0.4, 0.5) is 0 Å². The number of benzene rings is 2. The van der Waals surface area contributed by atoms with Crippen molar-refractivity contribution in [1.29, 1.82) is 5.26 Å². The van der Waals surface area contributed by atoms with Gasteiger partial charge in [0.2, 0.25) is 0 Å². The highest BCUT2D eigenvalue weighted by atomic mass is 32.1. The van der Waals surface area contributed by atoms with E-state index in [2.05, 4.69) is 6.07 Å². The highest BCUT2D eigenvalue weighted by Gasteiger charge is 2.21. The predicted octanol–water partition coefficient (Wildman–Crippen LogP) is 4.82. The molecule has 0 spiro atoms. The Labute approximate surface area is 172 Å². The lowest BCUT2D eigenvalue weighted by atomic mass is 10.1. The molecule has 4 rings (SSSR count). The molecule has 0 aliphatic rings. The second-order valence-corrected chi connectivity index (χ2v) is 7.09. The Morgan fingerprint density at radius 3 is 2.48 bits per heavy atom. The summed E-state index contributed by atoms with van der Waals surface area (Å²) in [6, 6.07) is 15.8. The number of rotatable bonds is 6. The first kappa shape index (κ1) is 18.8. The van der Waals surface area contributed by atoms with Gasteiger partial charge >= 0.3 is 0 Å². The maximum absolute atomic E-state index is 9.49. The van der Waals surface area contributed by atoms with E-state index >= 15 is 0 Å². The fourth-order valence-electron chi connectivity index (χ4n) is 3.41. The third-order valence-electron chi connectivity index (χ3n) is 4.75. The van der Waals surface area contributed by atoms with Crippen LogP contribution in [0.5, 0.6) is 17.2 Å². The molecule has 2 aromatic carbocycles. The number of hydrogen-bond acceptors (Lipinski definition) is 6. The van der Waals surface area contributed by atoms with E-state index in [1.165, 1.54) is 11.3 Å². The summed E-state index contributed by atoms with van der Waals surface area (Å²) in [7, 11) is 4.86. The molecule has 0 fully saturated rings. The molecule has 0 saturated heterocycles. The van der Waals surface area contributed by atoms with Crippen molar-refractivity contribution in [3.8, 4) is 45.8 Å². The largest absolute Gasteiger partial charge is 0.496 e. The second kappa shape index (κ2) is 7.86. The lowest BCUT2D eigenvalue weighted by molar-refractivity contribution is 0.355. The molecule has 0 atom stereocenters. The van der Waals surface area contributed by atoms with Gasteiger partial charge in [-0.1, -0.05) is 12.1 Å². The lowest BCUT2D eigenvalue weighted by Crippen LogP contribution is -1.97. The van der Waals surface area contributed by atoms with E-state index in [-0.39, 0.29) is 6.42 Å². The second-order valence-electron chi connectivity index (χ2n) is 6.25. The molecule has 0 radical (unpaired) electrons. The molecule has 0 amide bonds. The summed E-state index contributed by atoms with van der Waals surface area (Å²) >= 11 is 1.53. The van der Waals surface area contributed by atoms with Gasteiger partial charge in [0.15, 0.2) is 16.5 Å². The van der Waals surface area contributed by atoms with Gasteiger partial charge in [0.05, 0.1) is 50.9 Å². The first-order valence-corrected chi connectivity index (χ1v) is 9.81. The number of nitrogens with zero attached hydrogens (tertiary/aromatic N) is 3. The predicted molar refractivity (Wildman–Crippen MR) is 113 cm³/mol. The average molecular weight is 405 g/mol. The topological polar surface area (TPSA) is 68.8 Å². The summed E-state index contributed by atoms with van der Waals surface area (Å²) in [5.41, 5.74) is 4.37. The molecule has 0 saturated carbocycles. The first-order chi connectivity index (χ1) is 14.2. The van der Waals surface area contributed by atoms with Gasteiger partial charge in [-0.15, -0.1) is 11.3 Å². The third-order valence-corrected chi connectivity index (χ3v) is 5.57. The summed E-state index contributed by atoms with van der Waals surface area (Å²) in [5, 5.41) is 11.5. The number of aromatic nitrogens is 2. The van der Waals surface area contributed by atoms with Crippen LogP contribution < -0.4 is 14.2 Å². The molecule has 29 heavy (non-hydrogen) atoms. The molecular weight excluding hydrogens is 386 g/mol. The molecule has 0 unspecified atom stereocenters. The van der Waals surface area contributed by atoms with E-state index in [0.29, 0.717) is 11.5 Å². The van der Waals surface area contributed by atoms with E-state index in [1.807, 2.05) is 52.2 Å². The van der Waals surface area contributed by atoms with Crippen LogP contribution in [-0.2, 0) is 6.42 Å². The van der Waals surface area contributed by atoms with Crippen LogP contribution in [0.2, 0.25) is 0 Å². The molecule has 0 bridgehead atoms. The van der Waals surface area contributed by atoms with Gasteiger partial charge in [-0.25, -0.2) is 4.98 Å². The highest BCUT2D eigenvalue weighted by Crippen LogP contribution is 2.38. The quantitative estimate of drug-likeness (QED) is 0.460. The van der Waals surface area contributed by atoms with Gasteiger partial charge < -0.3 is 14.2 Å². The van der Waals surface area contributed by atoms with Crippen LogP contribution in [0.1, 0.15) is 5.69 Å². The number of nitriles is 1. The van der Waals surface area contributed by atoms with E-state index in [4.69, 9.17) is 19.2 Å². The van der Waals surface area contributed by atoms with Crippen LogP contribution >= 0.6 is 11.3 Å². The Kier molecular flexibility index (Phi) is 5.10. The van der Waals surface area contributed by atoms with Crippen molar-refractivity contribution >= 4 is 16.3 Å². The van der Waals surface area contributed by atoms with Crippen LogP contribution in [0.25, 0.3) is 27.5 Å². The summed E-state index contributed by atoms with van der Waals surface area (Å²) in [6.07, 6.45) is 0.226. The number of fused-ring (bicyclic) bond motifs is 1. The molecule has 0 aliphatic carbocycles. The van der Waals surface area contributed by atoms with Gasteiger partial charge in [0, 0.05) is 16.5 Å². The molecule has 4 aromatic rings. The van der Waals surface area contributed by atoms with Crippen LogP contribution in [0, 0.1) is 11.3 Å². The Morgan fingerprint density at radius 1 is 1.00 bits per heavy atom. The van der Waals surface area contributed by atoms with Crippen LogP contribution in [-0.4, -0.2) is 30.7 Å². The molecule has 6 nitrogen and oxygen atoms in total. The zero-order valence-electron chi connectivity index (χ0n) is 16.3. The maximum atomic E-state index is 9.49. The maximum Gasteiger partial charge on any atom is 0.195 e. The SMILES string of the molecule is COc1ccc(-c2nc3scc(-c4ccccc4OC)n3c2CC#N)cc1OC. The Balaban J connectivity index is 1.95. The van der Waals surface area contributed by atoms with Gasteiger partial charge in [-0.2, -0.15) is 5.26 Å². The van der Waals surface area contributed by atoms with Gasteiger partial charge in [-0.3, -0.25) is 4.40 Å². The number of ether oxygens (including phenoxy) is 3. The summed E-state index contributed by atoms with van der Waals surface area (Å²) < 4.78 is 18.4. The van der Waals surface area contributed by atoms with Crippen LogP contribution in [0.15, 0.2) is 47.8 Å². The standard InChI is InChI=1S/C22H19N3O3S/c1-26-18-7-5-4-6-15(18)17-13-29-22-24-21(16(10-11-23)25(17)22)14-8-9-19(27-2)20(12-14)28-3/h4-9,12-13H,10H2,1-3H3. The summed E-state index contributed by atoms with van der Waals surface area (Å²) in [6.45, 7) is 0. The Morgan fingerprint density at radius 2 is 1.76 bits per heavy atom.